The van der Waals surface area contributed by atoms with Crippen LogP contribution in [0.2, 0.25) is 0 Å². The maximum atomic E-state index is 12.9. The molecule has 5 rings (SSSR count). The van der Waals surface area contributed by atoms with Gasteiger partial charge in [0.1, 0.15) is 0 Å². The average Bonchev–Trinajstić information content (AvgIpc) is 3.10. The minimum atomic E-state index is -0.0221. The third-order valence-corrected chi connectivity index (χ3v) is 6.51. The van der Waals surface area contributed by atoms with E-state index in [9.17, 15) is 4.79 Å². The maximum absolute atomic E-state index is 12.9. The highest BCUT2D eigenvalue weighted by molar-refractivity contribution is 9.10. The van der Waals surface area contributed by atoms with Gasteiger partial charge in [0.05, 0.1) is 17.6 Å². The molecular formula is C28H22BrN3O. The van der Waals surface area contributed by atoms with Crippen molar-refractivity contribution in [2.45, 2.75) is 6.54 Å². The summed E-state index contributed by atoms with van der Waals surface area (Å²) in [5.74, 6) is -0.0221. The van der Waals surface area contributed by atoms with Crippen LogP contribution in [-0.2, 0) is 13.6 Å². The van der Waals surface area contributed by atoms with Crippen molar-refractivity contribution in [1.29, 1.82) is 5.41 Å². The Bertz CT molecular complexity index is 1510. The fraction of sp³-hybridized carbons (Fsp3) is 0.0714. The Morgan fingerprint density at radius 3 is 2.12 bits per heavy atom. The lowest BCUT2D eigenvalue weighted by atomic mass is 9.99. The lowest BCUT2D eigenvalue weighted by Crippen LogP contribution is -2.25. The smallest absolute Gasteiger partial charge is 0.203 e. The van der Waals surface area contributed by atoms with Crippen LogP contribution in [0.25, 0.3) is 33.3 Å². The lowest BCUT2D eigenvalue weighted by molar-refractivity contribution is 0.0971. The van der Waals surface area contributed by atoms with Gasteiger partial charge in [-0.1, -0.05) is 94.8 Å². The summed E-state index contributed by atoms with van der Waals surface area (Å²) in [4.78, 5) is 12.9. The van der Waals surface area contributed by atoms with Gasteiger partial charge in [0.2, 0.25) is 5.62 Å². The van der Waals surface area contributed by atoms with E-state index in [0.717, 1.165) is 32.2 Å². The molecule has 0 saturated heterocycles. The molecule has 1 N–H and O–H groups in total. The Labute approximate surface area is 200 Å². The molecule has 0 aliphatic heterocycles. The number of imidazole rings is 1. The molecular weight excluding hydrogens is 474 g/mol. The topological polar surface area (TPSA) is 50.8 Å². The van der Waals surface area contributed by atoms with Crippen molar-refractivity contribution in [3.63, 3.8) is 0 Å². The molecule has 0 spiro atoms. The number of Topliss-reactive ketones (excluding diaryl/α,β-unsaturated/α-hetero) is 1. The molecule has 0 atom stereocenters. The van der Waals surface area contributed by atoms with Gasteiger partial charge in [0, 0.05) is 22.6 Å². The van der Waals surface area contributed by atoms with E-state index in [0.29, 0.717) is 11.2 Å². The van der Waals surface area contributed by atoms with Crippen molar-refractivity contribution >= 4 is 32.7 Å². The number of rotatable bonds is 5. The molecule has 0 aliphatic rings. The van der Waals surface area contributed by atoms with Crippen LogP contribution in [-0.4, -0.2) is 14.9 Å². The predicted octanol–water partition coefficient (Wildman–Crippen LogP) is 6.44. The Hall–Kier alpha value is -3.70. The molecule has 0 unspecified atom stereocenters. The van der Waals surface area contributed by atoms with Gasteiger partial charge < -0.3 is 9.13 Å². The number of fused-ring (bicyclic) bond motifs is 1. The molecule has 162 valence electrons. The third-order valence-electron chi connectivity index (χ3n) is 5.99. The van der Waals surface area contributed by atoms with Gasteiger partial charge in [-0.15, -0.1) is 0 Å². The SMILES string of the molecule is Cn1c(=N)n(CC(=O)c2ccc(Br)cc2)c2cccc(-c3ccc(-c4ccccc4)cc3)c21. The first-order valence-corrected chi connectivity index (χ1v) is 11.5. The number of ketones is 1. The number of hydrogen-bond donors (Lipinski definition) is 1. The normalized spacial score (nSPS) is 11.1. The Morgan fingerprint density at radius 1 is 0.788 bits per heavy atom. The van der Waals surface area contributed by atoms with Gasteiger partial charge in [-0.2, -0.15) is 0 Å². The second-order valence-electron chi connectivity index (χ2n) is 8.02. The van der Waals surface area contributed by atoms with Gasteiger partial charge in [-0.25, -0.2) is 0 Å². The van der Waals surface area contributed by atoms with Gasteiger partial charge in [-0.3, -0.25) is 10.2 Å². The summed E-state index contributed by atoms with van der Waals surface area (Å²) in [5, 5.41) is 8.69. The van der Waals surface area contributed by atoms with E-state index in [-0.39, 0.29) is 12.3 Å². The maximum Gasteiger partial charge on any atom is 0.203 e. The molecule has 4 aromatic carbocycles. The number of aryl methyl sites for hydroxylation is 1. The largest absolute Gasteiger partial charge is 0.313 e. The molecule has 1 aromatic heterocycles. The number of benzene rings is 4. The van der Waals surface area contributed by atoms with Crippen molar-refractivity contribution in [2.24, 2.45) is 7.05 Å². The Kier molecular flexibility index (Phi) is 5.56. The van der Waals surface area contributed by atoms with E-state index < -0.39 is 0 Å². The van der Waals surface area contributed by atoms with Crippen LogP contribution < -0.4 is 5.62 Å². The number of hydrogen-bond acceptors (Lipinski definition) is 2. The fourth-order valence-electron chi connectivity index (χ4n) is 4.24. The molecule has 0 aliphatic carbocycles. The number of para-hydroxylation sites is 1. The number of nitrogens with one attached hydrogen (secondary N) is 1. The quantitative estimate of drug-likeness (QED) is 0.280. The molecule has 0 saturated carbocycles. The van der Waals surface area contributed by atoms with Crippen molar-refractivity contribution in [3.8, 4) is 22.3 Å². The minimum absolute atomic E-state index is 0.0221. The minimum Gasteiger partial charge on any atom is -0.313 e. The zero-order valence-electron chi connectivity index (χ0n) is 18.1. The van der Waals surface area contributed by atoms with Gasteiger partial charge >= 0.3 is 0 Å². The van der Waals surface area contributed by atoms with Crippen LogP contribution in [0.4, 0.5) is 0 Å². The first kappa shape index (κ1) is 21.2. The highest BCUT2D eigenvalue weighted by Crippen LogP contribution is 2.30. The fourth-order valence-corrected chi connectivity index (χ4v) is 4.50. The molecule has 0 radical (unpaired) electrons. The first-order chi connectivity index (χ1) is 16.0. The zero-order chi connectivity index (χ0) is 22.9. The summed E-state index contributed by atoms with van der Waals surface area (Å²) in [6.07, 6.45) is 0. The Balaban J connectivity index is 1.55. The van der Waals surface area contributed by atoms with Gasteiger partial charge in [-0.05, 0) is 34.9 Å². The van der Waals surface area contributed by atoms with Crippen molar-refractivity contribution in [3.05, 3.63) is 113 Å². The van der Waals surface area contributed by atoms with Crippen LogP contribution in [0.5, 0.6) is 0 Å². The molecule has 5 heteroatoms. The number of carbonyl (C=O) groups is 1. The molecule has 4 nitrogen and oxygen atoms in total. The van der Waals surface area contributed by atoms with Crippen LogP contribution in [0.15, 0.2) is 102 Å². The number of nitrogens with zero attached hydrogens (tertiary/aromatic N) is 2. The highest BCUT2D eigenvalue weighted by Gasteiger charge is 2.16. The molecule has 0 fully saturated rings. The van der Waals surface area contributed by atoms with E-state index in [1.165, 1.54) is 5.56 Å². The first-order valence-electron chi connectivity index (χ1n) is 10.7. The number of carbonyl (C=O) groups excluding carboxylic acids is 1. The summed E-state index contributed by atoms with van der Waals surface area (Å²) in [5.41, 5.74) is 7.20. The van der Waals surface area contributed by atoms with E-state index in [1.54, 1.807) is 16.7 Å². The van der Waals surface area contributed by atoms with E-state index in [4.69, 9.17) is 5.41 Å². The molecule has 1 heterocycles. The highest BCUT2D eigenvalue weighted by atomic mass is 79.9. The summed E-state index contributed by atoms with van der Waals surface area (Å²) >= 11 is 3.41. The van der Waals surface area contributed by atoms with E-state index in [2.05, 4.69) is 58.4 Å². The molecule has 0 amide bonds. The van der Waals surface area contributed by atoms with Crippen LogP contribution in [0.1, 0.15) is 10.4 Å². The van der Waals surface area contributed by atoms with E-state index >= 15 is 0 Å². The summed E-state index contributed by atoms with van der Waals surface area (Å²) < 4.78 is 4.56. The van der Waals surface area contributed by atoms with Crippen molar-refractivity contribution < 1.29 is 4.79 Å². The van der Waals surface area contributed by atoms with Crippen molar-refractivity contribution in [1.82, 2.24) is 9.13 Å². The molecule has 5 aromatic rings. The zero-order valence-corrected chi connectivity index (χ0v) is 19.7. The second-order valence-corrected chi connectivity index (χ2v) is 8.93. The average molecular weight is 496 g/mol. The lowest BCUT2D eigenvalue weighted by Gasteiger charge is -2.08. The van der Waals surface area contributed by atoms with Crippen LogP contribution in [0, 0.1) is 5.41 Å². The second kappa shape index (κ2) is 8.68. The summed E-state index contributed by atoms with van der Waals surface area (Å²) in [7, 11) is 1.88. The van der Waals surface area contributed by atoms with Gasteiger partial charge in [0.25, 0.3) is 0 Å². The number of halogens is 1. The standard InChI is InChI=1S/C28H22BrN3O/c1-31-27-24(21-12-10-20(11-13-21)19-6-3-2-4-7-19)8-5-9-25(27)32(28(31)30)18-26(33)22-14-16-23(29)17-15-22/h2-17,30H,18H2,1H3. The van der Waals surface area contributed by atoms with Crippen molar-refractivity contribution in [2.75, 3.05) is 0 Å². The number of aromatic nitrogens is 2. The molecule has 0 bridgehead atoms. The summed E-state index contributed by atoms with van der Waals surface area (Å²) in [6, 6.07) is 32.2. The van der Waals surface area contributed by atoms with Gasteiger partial charge in [0.15, 0.2) is 5.78 Å². The summed E-state index contributed by atoms with van der Waals surface area (Å²) in [6.45, 7) is 0.119. The molecule has 33 heavy (non-hydrogen) atoms. The van der Waals surface area contributed by atoms with E-state index in [1.807, 2.05) is 54.1 Å². The van der Waals surface area contributed by atoms with Crippen LogP contribution in [0.3, 0.4) is 0 Å². The monoisotopic (exact) mass is 495 g/mol. The van der Waals surface area contributed by atoms with Crippen LogP contribution >= 0.6 is 15.9 Å². The third kappa shape index (κ3) is 3.96. The predicted molar refractivity (Wildman–Crippen MR) is 136 cm³/mol. The Morgan fingerprint density at radius 2 is 1.42 bits per heavy atom.